The Labute approximate surface area is 378 Å². The summed E-state index contributed by atoms with van der Waals surface area (Å²) in [5.41, 5.74) is 16.8. The molecule has 0 atom stereocenters. The second kappa shape index (κ2) is 16.3. The molecule has 2 N–H and O–H groups in total. The van der Waals surface area contributed by atoms with E-state index in [0.29, 0.717) is 0 Å². The van der Waals surface area contributed by atoms with Crippen LogP contribution >= 0.6 is 0 Å². The molecule has 2 aliphatic heterocycles. The summed E-state index contributed by atoms with van der Waals surface area (Å²) in [5.74, 6) is 0. The maximum absolute atomic E-state index is 3.90. The van der Waals surface area contributed by atoms with Gasteiger partial charge in [-0.3, -0.25) is 0 Å². The van der Waals surface area contributed by atoms with Gasteiger partial charge in [-0.05, 0) is 101 Å². The van der Waals surface area contributed by atoms with Crippen LogP contribution in [0.25, 0.3) is 66.0 Å². The van der Waals surface area contributed by atoms with Crippen LogP contribution in [0.1, 0.15) is 11.1 Å². The predicted molar refractivity (Wildman–Crippen MR) is 278 cm³/mol. The lowest BCUT2D eigenvalue weighted by Gasteiger charge is -2.28. The summed E-state index contributed by atoms with van der Waals surface area (Å²) in [6.45, 7) is -0.217. The molecule has 12 rings (SSSR count). The monoisotopic (exact) mass is 830 g/mol. The highest BCUT2D eigenvalue weighted by molar-refractivity contribution is 6.97. The number of aromatic nitrogens is 2. The van der Waals surface area contributed by atoms with Gasteiger partial charge in [0.1, 0.15) is 0 Å². The molecule has 0 saturated carbocycles. The van der Waals surface area contributed by atoms with Crippen LogP contribution in [0.2, 0.25) is 0 Å². The Kier molecular flexibility index (Phi) is 9.57. The number of rotatable bonds is 6. The Balaban J connectivity index is 1.19. The molecule has 2 aliphatic rings. The highest BCUT2D eigenvalue weighted by Crippen LogP contribution is 2.39. The fourth-order valence-electron chi connectivity index (χ4n) is 9.98. The largest absolute Gasteiger partial charge is 0.362 e. The van der Waals surface area contributed by atoms with Crippen molar-refractivity contribution in [2.45, 2.75) is 0 Å². The SMILES string of the molecule is C1=C\C(n2c3ccccc3c3ccccc32)=C/C2=C(c3ccccc3)B(C(=C\Nc3ccccc3)/C=C\C(c3ccccc3)=C/2)c2ccc(-n3c4ccccc4c4ccccc43)cc2N/1. The van der Waals surface area contributed by atoms with E-state index < -0.39 is 0 Å². The molecule has 4 nitrogen and oxygen atoms in total. The van der Waals surface area contributed by atoms with Gasteiger partial charge in [-0.1, -0.05) is 181 Å². The van der Waals surface area contributed by atoms with Crippen LogP contribution in [-0.4, -0.2) is 15.8 Å². The molecule has 5 heteroatoms. The third-order valence-corrected chi connectivity index (χ3v) is 12.9. The lowest BCUT2D eigenvalue weighted by atomic mass is 9.33. The van der Waals surface area contributed by atoms with Crippen LogP contribution in [0.3, 0.4) is 0 Å². The minimum absolute atomic E-state index is 0.217. The Morgan fingerprint density at radius 3 is 1.58 bits per heavy atom. The summed E-state index contributed by atoms with van der Waals surface area (Å²) in [4.78, 5) is 0. The van der Waals surface area contributed by atoms with Crippen LogP contribution in [0, 0.1) is 0 Å². The number of nitrogens with zero attached hydrogens (tertiary/aromatic N) is 2. The van der Waals surface area contributed by atoms with Gasteiger partial charge in [0.25, 0.3) is 0 Å². The minimum Gasteiger partial charge on any atom is -0.362 e. The number of anilines is 2. The van der Waals surface area contributed by atoms with Crippen molar-refractivity contribution in [1.29, 1.82) is 0 Å². The van der Waals surface area contributed by atoms with E-state index in [2.05, 4.69) is 269 Å². The highest BCUT2D eigenvalue weighted by atomic mass is 15.0. The summed E-state index contributed by atoms with van der Waals surface area (Å²) in [7, 11) is 0. The Morgan fingerprint density at radius 1 is 0.462 bits per heavy atom. The lowest BCUT2D eigenvalue weighted by molar-refractivity contribution is 1.18. The molecule has 0 unspecified atom stereocenters. The predicted octanol–water partition coefficient (Wildman–Crippen LogP) is 14.3. The molecule has 0 radical (unpaired) electrons. The zero-order valence-corrected chi connectivity index (χ0v) is 35.6. The molecule has 8 aromatic carbocycles. The summed E-state index contributed by atoms with van der Waals surface area (Å²) >= 11 is 0. The third-order valence-electron chi connectivity index (χ3n) is 12.9. The summed E-state index contributed by atoms with van der Waals surface area (Å²) in [6.07, 6.45) is 16.0. The quantitative estimate of drug-likeness (QED) is 0.164. The number of fused-ring (bicyclic) bond motifs is 9. The normalized spacial score (nSPS) is 17.2. The van der Waals surface area contributed by atoms with Gasteiger partial charge in [0.2, 0.25) is 6.71 Å². The van der Waals surface area contributed by atoms with Crippen molar-refractivity contribution in [3.8, 4) is 5.69 Å². The Bertz CT molecular complexity index is 3530. The summed E-state index contributed by atoms with van der Waals surface area (Å²) < 4.78 is 4.82. The number of allylic oxidation sites excluding steroid dienone is 9. The van der Waals surface area contributed by atoms with Gasteiger partial charge in [0.15, 0.2) is 0 Å². The number of benzene rings is 8. The fourth-order valence-corrected chi connectivity index (χ4v) is 9.98. The van der Waals surface area contributed by atoms with Gasteiger partial charge in [-0.2, -0.15) is 0 Å². The van der Waals surface area contributed by atoms with Crippen molar-refractivity contribution in [2.24, 2.45) is 0 Å². The molecule has 4 heterocycles. The van der Waals surface area contributed by atoms with Gasteiger partial charge in [-0.25, -0.2) is 0 Å². The van der Waals surface area contributed by atoms with E-state index in [4.69, 9.17) is 0 Å². The molecule has 0 saturated heterocycles. The van der Waals surface area contributed by atoms with Crippen molar-refractivity contribution in [3.63, 3.8) is 0 Å². The van der Waals surface area contributed by atoms with Crippen LogP contribution in [0.5, 0.6) is 0 Å². The fraction of sp³-hybridized carbons (Fsp3) is 0. The van der Waals surface area contributed by atoms with Crippen molar-refractivity contribution in [1.82, 2.24) is 9.13 Å². The van der Waals surface area contributed by atoms with E-state index >= 15 is 0 Å². The van der Waals surface area contributed by atoms with E-state index in [1.165, 1.54) is 38.1 Å². The zero-order valence-electron chi connectivity index (χ0n) is 35.6. The van der Waals surface area contributed by atoms with Crippen molar-refractivity contribution in [2.75, 3.05) is 10.6 Å². The second-order valence-electron chi connectivity index (χ2n) is 16.7. The van der Waals surface area contributed by atoms with E-state index in [1.807, 2.05) is 0 Å². The molecule has 2 aromatic heterocycles. The first-order valence-corrected chi connectivity index (χ1v) is 22.3. The zero-order chi connectivity index (χ0) is 43.1. The van der Waals surface area contributed by atoms with E-state index in [0.717, 1.165) is 67.0 Å². The van der Waals surface area contributed by atoms with Crippen molar-refractivity contribution < 1.29 is 0 Å². The van der Waals surface area contributed by atoms with Gasteiger partial charge in [-0.15, -0.1) is 0 Å². The highest BCUT2D eigenvalue weighted by Gasteiger charge is 2.32. The smallest absolute Gasteiger partial charge is 0.247 e. The molecule has 0 amide bonds. The van der Waals surface area contributed by atoms with Crippen LogP contribution in [-0.2, 0) is 0 Å². The van der Waals surface area contributed by atoms with Crippen molar-refractivity contribution in [3.05, 3.63) is 271 Å². The number of nitrogens with one attached hydrogen (secondary N) is 2. The first-order valence-electron chi connectivity index (χ1n) is 22.3. The van der Waals surface area contributed by atoms with Crippen LogP contribution < -0.4 is 16.1 Å². The van der Waals surface area contributed by atoms with Gasteiger partial charge in [0, 0.05) is 50.5 Å². The maximum atomic E-state index is 3.90. The first kappa shape index (κ1) is 38.2. The number of hydrogen-bond acceptors (Lipinski definition) is 2. The molecule has 0 aliphatic carbocycles. The Hall–Kier alpha value is -8.54. The first-order chi connectivity index (χ1) is 32.3. The molecule has 0 fully saturated rings. The third kappa shape index (κ3) is 6.82. The second-order valence-corrected chi connectivity index (χ2v) is 16.7. The number of hydrogen-bond donors (Lipinski definition) is 2. The van der Waals surface area contributed by atoms with Gasteiger partial charge >= 0.3 is 0 Å². The topological polar surface area (TPSA) is 33.9 Å². The lowest BCUT2D eigenvalue weighted by Crippen LogP contribution is -2.37. The van der Waals surface area contributed by atoms with E-state index in [9.17, 15) is 0 Å². The molecule has 306 valence electrons. The maximum Gasteiger partial charge on any atom is 0.247 e. The Morgan fingerprint density at radius 2 is 0.985 bits per heavy atom. The summed E-state index contributed by atoms with van der Waals surface area (Å²) in [6, 6.07) is 74.1. The molecule has 0 spiro atoms. The standard InChI is InChI=1S/C60H43BN4/c1-4-18-42(19-5-1)44-32-33-46(41-63-47-22-8-3-9-23-47)61-54-35-34-48(64-56-28-14-10-24-50(56)51-25-11-15-29-57(51)64)40-55(54)62-37-36-49(39-45(38-44)60(61)43-20-6-2-7-21-43)65-58-30-16-12-26-52(58)53-27-13-17-31-59(53)65/h1-41,62-63H/b33-32-,37-36-,44-38+,46-41-,49-39+,60-45?. The molecular formula is C60H43BN4. The molecule has 10 aromatic rings. The van der Waals surface area contributed by atoms with E-state index in [1.54, 1.807) is 0 Å². The van der Waals surface area contributed by atoms with Crippen LogP contribution in [0.4, 0.5) is 11.4 Å². The van der Waals surface area contributed by atoms with Gasteiger partial charge in [0.05, 0.1) is 22.1 Å². The molecular weight excluding hydrogens is 787 g/mol. The van der Waals surface area contributed by atoms with Gasteiger partial charge < -0.3 is 19.8 Å². The molecule has 2 bridgehead atoms. The van der Waals surface area contributed by atoms with E-state index in [-0.39, 0.29) is 6.71 Å². The van der Waals surface area contributed by atoms with Crippen molar-refractivity contribution >= 4 is 83.9 Å². The average Bonchev–Trinajstić information content (AvgIpc) is 3.88. The minimum atomic E-state index is -0.217. The van der Waals surface area contributed by atoms with Crippen LogP contribution in [0.15, 0.2) is 260 Å². The molecule has 65 heavy (non-hydrogen) atoms. The number of para-hydroxylation sites is 5. The summed E-state index contributed by atoms with van der Waals surface area (Å²) in [5, 5.41) is 12.5. The average molecular weight is 831 g/mol.